The fourth-order valence-corrected chi connectivity index (χ4v) is 2.92. The summed E-state index contributed by atoms with van der Waals surface area (Å²) in [6, 6.07) is 0. The first-order valence-corrected chi connectivity index (χ1v) is 9.75. The quantitative estimate of drug-likeness (QED) is 0.199. The topological polar surface area (TPSA) is 36.2 Å². The van der Waals surface area contributed by atoms with Crippen LogP contribution >= 0.6 is 0 Å². The number of rotatable bonds is 18. The van der Waals surface area contributed by atoms with Crippen LogP contribution in [-0.4, -0.2) is 6.54 Å². The zero-order valence-electron chi connectivity index (χ0n) is 14.7. The first-order valence-electron chi connectivity index (χ1n) is 9.75. The maximum Gasteiger partial charge on any atom is 0.0596 e. The molecule has 0 fully saturated rings. The van der Waals surface area contributed by atoms with Gasteiger partial charge in [-0.15, -0.1) is 0 Å². The van der Waals surface area contributed by atoms with Crippen molar-refractivity contribution in [2.45, 2.75) is 116 Å². The number of nitrogens with zero attached hydrogens (tertiary/aromatic N) is 1. The van der Waals surface area contributed by atoms with Crippen molar-refractivity contribution in [3.05, 3.63) is 0 Å². The maximum absolute atomic E-state index is 6.72. The summed E-state index contributed by atoms with van der Waals surface area (Å²) in [5.41, 5.74) is 6.72. The van der Waals surface area contributed by atoms with Crippen LogP contribution in [0.5, 0.6) is 0 Å². The van der Waals surface area contributed by atoms with Crippen molar-refractivity contribution in [1.82, 2.24) is 0 Å². The Balaban J connectivity index is 2.91. The van der Waals surface area contributed by atoms with Crippen molar-refractivity contribution in [3.8, 4) is 0 Å². The lowest BCUT2D eigenvalue weighted by atomic mass is 10.0. The molecule has 0 aromatic carbocycles. The van der Waals surface area contributed by atoms with Crippen molar-refractivity contribution in [2.75, 3.05) is 6.54 Å². The predicted octanol–water partition coefficient (Wildman–Crippen LogP) is 7.67. The number of hydrogen-bond donors (Lipinski definition) is 1. The van der Waals surface area contributed by atoms with Gasteiger partial charge in [-0.25, -0.2) is 5.53 Å². The molecule has 0 radical (unpaired) electrons. The Morgan fingerprint density at radius 1 is 0.476 bits per heavy atom. The zero-order chi connectivity index (χ0) is 15.4. The average molecular weight is 297 g/mol. The lowest BCUT2D eigenvalue weighted by Crippen LogP contribution is -1.84. The largest absolute Gasteiger partial charge is 0.210 e. The van der Waals surface area contributed by atoms with Crippen LogP contribution in [0.2, 0.25) is 0 Å². The second-order valence-corrected chi connectivity index (χ2v) is 6.54. The fraction of sp³-hybridized carbons (Fsp3) is 1.00. The van der Waals surface area contributed by atoms with E-state index < -0.39 is 0 Å². The molecule has 0 heterocycles. The molecule has 2 heteroatoms. The second-order valence-electron chi connectivity index (χ2n) is 6.54. The molecule has 0 unspecified atom stereocenters. The van der Waals surface area contributed by atoms with Crippen LogP contribution in [0, 0.1) is 5.53 Å². The molecular weight excluding hydrogens is 256 g/mol. The molecule has 1 N–H and O–H groups in total. The third-order valence-electron chi connectivity index (χ3n) is 4.37. The monoisotopic (exact) mass is 296 g/mol. The molecule has 0 rings (SSSR count). The van der Waals surface area contributed by atoms with E-state index in [4.69, 9.17) is 5.53 Å². The molecule has 0 amide bonds. The molecule has 0 bridgehead atoms. The molecule has 0 saturated heterocycles. The molecule has 0 aliphatic rings. The highest BCUT2D eigenvalue weighted by molar-refractivity contribution is 4.50. The summed E-state index contributed by atoms with van der Waals surface area (Å²) in [7, 11) is 0. The second kappa shape index (κ2) is 19.6. The van der Waals surface area contributed by atoms with E-state index in [2.05, 4.69) is 12.0 Å². The Morgan fingerprint density at radius 2 is 0.762 bits per heavy atom. The number of unbranched alkanes of at least 4 members (excludes halogenated alkanes) is 16. The molecule has 21 heavy (non-hydrogen) atoms. The Bertz CT molecular complexity index is 192. The zero-order valence-corrected chi connectivity index (χ0v) is 14.7. The SMILES string of the molecule is CCCCCCCCCCCCCCCCCCCN=N. The van der Waals surface area contributed by atoms with Crippen molar-refractivity contribution in [2.24, 2.45) is 5.11 Å². The normalized spacial score (nSPS) is 10.9. The average Bonchev–Trinajstić information content (AvgIpc) is 2.50. The summed E-state index contributed by atoms with van der Waals surface area (Å²) in [6.45, 7) is 3.02. The number of hydrogen-bond acceptors (Lipinski definition) is 2. The summed E-state index contributed by atoms with van der Waals surface area (Å²) < 4.78 is 0. The van der Waals surface area contributed by atoms with Crippen LogP contribution in [0.25, 0.3) is 0 Å². The van der Waals surface area contributed by atoms with Crippen molar-refractivity contribution in [1.29, 1.82) is 5.53 Å². The van der Waals surface area contributed by atoms with Gasteiger partial charge in [-0.2, -0.15) is 5.11 Å². The Kier molecular flexibility index (Phi) is 19.2. The van der Waals surface area contributed by atoms with Gasteiger partial charge in [-0.1, -0.05) is 110 Å². The molecule has 0 spiro atoms. The molecule has 0 saturated carbocycles. The van der Waals surface area contributed by atoms with E-state index in [1.807, 2.05) is 0 Å². The van der Waals surface area contributed by atoms with E-state index in [1.165, 1.54) is 103 Å². The molecule has 0 atom stereocenters. The van der Waals surface area contributed by atoms with E-state index in [0.29, 0.717) is 0 Å². The minimum Gasteiger partial charge on any atom is -0.210 e. The minimum atomic E-state index is 0.735. The molecule has 0 aliphatic heterocycles. The van der Waals surface area contributed by atoms with Gasteiger partial charge >= 0.3 is 0 Å². The Morgan fingerprint density at radius 3 is 1.05 bits per heavy atom. The summed E-state index contributed by atoms with van der Waals surface area (Å²) in [4.78, 5) is 0. The first-order chi connectivity index (χ1) is 10.4. The Labute approximate surface area is 134 Å². The third kappa shape index (κ3) is 19.6. The van der Waals surface area contributed by atoms with Gasteiger partial charge in [0.2, 0.25) is 0 Å². The van der Waals surface area contributed by atoms with Gasteiger partial charge < -0.3 is 0 Å². The van der Waals surface area contributed by atoms with Crippen LogP contribution < -0.4 is 0 Å². The van der Waals surface area contributed by atoms with Gasteiger partial charge in [0, 0.05) is 0 Å². The molecule has 0 aliphatic carbocycles. The summed E-state index contributed by atoms with van der Waals surface area (Å²) in [5, 5.41) is 3.39. The highest BCUT2D eigenvalue weighted by Crippen LogP contribution is 2.13. The van der Waals surface area contributed by atoms with Crippen LogP contribution in [-0.2, 0) is 0 Å². The first kappa shape index (κ1) is 20.6. The van der Waals surface area contributed by atoms with Crippen LogP contribution in [0.4, 0.5) is 0 Å². The van der Waals surface area contributed by atoms with Crippen molar-refractivity contribution in [3.63, 3.8) is 0 Å². The molecule has 0 aromatic heterocycles. The van der Waals surface area contributed by atoms with Gasteiger partial charge in [0.05, 0.1) is 6.54 Å². The predicted molar refractivity (Wildman–Crippen MR) is 94.2 cm³/mol. The standard InChI is InChI=1S/C19H40N2/c1-2-3-4-5-6-7-8-9-10-11-12-13-14-15-16-17-18-19-21-20/h20H,2-19H2,1H3. The molecule has 2 nitrogen and oxygen atoms in total. The van der Waals surface area contributed by atoms with Gasteiger partial charge in [0.25, 0.3) is 0 Å². The van der Waals surface area contributed by atoms with E-state index in [0.717, 1.165) is 13.0 Å². The fourth-order valence-electron chi connectivity index (χ4n) is 2.92. The van der Waals surface area contributed by atoms with Crippen molar-refractivity contribution >= 4 is 0 Å². The number of nitrogens with one attached hydrogen (secondary N) is 1. The van der Waals surface area contributed by atoms with Gasteiger partial charge in [-0.3, -0.25) is 0 Å². The van der Waals surface area contributed by atoms with E-state index in [9.17, 15) is 0 Å². The lowest BCUT2D eigenvalue weighted by Gasteiger charge is -2.03. The van der Waals surface area contributed by atoms with Gasteiger partial charge in [0.15, 0.2) is 0 Å². The lowest BCUT2D eigenvalue weighted by molar-refractivity contribution is 0.527. The van der Waals surface area contributed by atoms with Crippen molar-refractivity contribution < 1.29 is 0 Å². The van der Waals surface area contributed by atoms with Crippen LogP contribution in [0.3, 0.4) is 0 Å². The minimum absolute atomic E-state index is 0.735. The third-order valence-corrected chi connectivity index (χ3v) is 4.37. The van der Waals surface area contributed by atoms with Gasteiger partial charge in [0.1, 0.15) is 0 Å². The molecule has 0 aromatic rings. The molecule has 126 valence electrons. The van der Waals surface area contributed by atoms with E-state index in [-0.39, 0.29) is 0 Å². The van der Waals surface area contributed by atoms with Crippen LogP contribution in [0.1, 0.15) is 116 Å². The summed E-state index contributed by atoms with van der Waals surface area (Å²) >= 11 is 0. The van der Waals surface area contributed by atoms with E-state index >= 15 is 0 Å². The van der Waals surface area contributed by atoms with E-state index in [1.54, 1.807) is 0 Å². The van der Waals surface area contributed by atoms with Crippen LogP contribution in [0.15, 0.2) is 5.11 Å². The maximum atomic E-state index is 6.72. The highest BCUT2D eigenvalue weighted by Gasteiger charge is 1.94. The summed E-state index contributed by atoms with van der Waals surface area (Å²) in [5.74, 6) is 0. The highest BCUT2D eigenvalue weighted by atomic mass is 14.9. The van der Waals surface area contributed by atoms with Gasteiger partial charge in [-0.05, 0) is 6.42 Å². The molecular formula is C19H40N2. The summed E-state index contributed by atoms with van der Waals surface area (Å²) in [6.07, 6.45) is 23.9. The smallest absolute Gasteiger partial charge is 0.0596 e. The Hall–Kier alpha value is -0.400.